The fourth-order valence-corrected chi connectivity index (χ4v) is 7.67. The van der Waals surface area contributed by atoms with E-state index in [1.165, 1.54) is 0 Å². The lowest BCUT2D eigenvalue weighted by Gasteiger charge is -2.51. The van der Waals surface area contributed by atoms with Gasteiger partial charge in [-0.05, 0) is 32.1 Å². The van der Waals surface area contributed by atoms with E-state index < -0.39 is 26.6 Å². The van der Waals surface area contributed by atoms with Gasteiger partial charge >= 0.3 is 0 Å². The molecule has 4 unspecified atom stereocenters. The molecule has 3 rings (SSSR count). The lowest BCUT2D eigenvalue weighted by atomic mass is 9.52. The second kappa shape index (κ2) is 3.37. The summed E-state index contributed by atoms with van der Waals surface area (Å²) in [6.45, 7) is 12.6. The molecular weight excluding hydrogens is 264 g/mol. The Balaban J connectivity index is 2.27. The molecule has 0 aromatic rings. The molecule has 4 nitrogen and oxygen atoms in total. The fourth-order valence-electron chi connectivity index (χ4n) is 5.65. The van der Waals surface area contributed by atoms with Crippen LogP contribution in [0.1, 0.15) is 48.0 Å². The normalized spacial score (nSPS) is 49.5. The summed E-state index contributed by atoms with van der Waals surface area (Å²) in [5.74, 6) is 0.608. The number of rotatable bonds is 2. The maximum Gasteiger partial charge on any atom is 0.273 e. The maximum absolute atomic E-state index is 12.3. The van der Waals surface area contributed by atoms with E-state index in [1.807, 2.05) is 6.92 Å². The van der Waals surface area contributed by atoms with Crippen molar-refractivity contribution in [3.63, 3.8) is 0 Å². The highest BCUT2D eigenvalue weighted by Gasteiger charge is 2.83. The third-order valence-corrected chi connectivity index (χ3v) is 7.81. The van der Waals surface area contributed by atoms with E-state index in [2.05, 4.69) is 34.6 Å². The van der Waals surface area contributed by atoms with E-state index in [0.29, 0.717) is 18.3 Å². The van der Waals surface area contributed by atoms with E-state index in [9.17, 15) is 8.42 Å². The van der Waals surface area contributed by atoms with Crippen molar-refractivity contribution in [1.82, 2.24) is 0 Å². The summed E-state index contributed by atoms with van der Waals surface area (Å²) >= 11 is 0. The predicted octanol–water partition coefficient (Wildman–Crippen LogP) is 2.33. The van der Waals surface area contributed by atoms with E-state index >= 15 is 0 Å². The van der Waals surface area contributed by atoms with Crippen molar-refractivity contribution < 1.29 is 17.3 Å². The van der Waals surface area contributed by atoms with Crippen LogP contribution in [0.3, 0.4) is 0 Å². The zero-order valence-electron chi connectivity index (χ0n) is 12.6. The molecule has 0 aromatic heterocycles. The van der Waals surface area contributed by atoms with Crippen molar-refractivity contribution in [1.29, 1.82) is 0 Å². The summed E-state index contributed by atoms with van der Waals surface area (Å²) in [7, 11) is -3.49. The Labute approximate surface area is 116 Å². The first-order valence-electron chi connectivity index (χ1n) is 7.14. The van der Waals surface area contributed by atoms with Gasteiger partial charge in [0, 0.05) is 5.41 Å². The first kappa shape index (κ1) is 13.8. The number of hydrogen-bond donors (Lipinski definition) is 0. The Morgan fingerprint density at radius 2 is 1.63 bits per heavy atom. The van der Waals surface area contributed by atoms with Gasteiger partial charge in [-0.1, -0.05) is 27.7 Å². The minimum absolute atomic E-state index is 0.248. The molecule has 3 aliphatic heterocycles. The van der Waals surface area contributed by atoms with Gasteiger partial charge in [0.05, 0.1) is 5.60 Å². The van der Waals surface area contributed by atoms with Crippen molar-refractivity contribution in [2.24, 2.45) is 17.3 Å². The molecule has 2 bridgehead atoms. The summed E-state index contributed by atoms with van der Waals surface area (Å²) in [5.41, 5.74) is -1.34. The summed E-state index contributed by atoms with van der Waals surface area (Å²) in [5, 5.41) is -0.499. The first-order chi connectivity index (χ1) is 8.52. The van der Waals surface area contributed by atoms with Gasteiger partial charge in [0.25, 0.3) is 10.1 Å². The average Bonchev–Trinajstić information content (AvgIpc) is 2.63. The van der Waals surface area contributed by atoms with Crippen molar-refractivity contribution in [3.8, 4) is 0 Å². The fraction of sp³-hybridized carbons (Fsp3) is 1.00. The summed E-state index contributed by atoms with van der Waals surface area (Å²) in [6, 6.07) is 0. The van der Waals surface area contributed by atoms with Gasteiger partial charge in [0.2, 0.25) is 0 Å². The van der Waals surface area contributed by atoms with Crippen LogP contribution in [0.5, 0.6) is 0 Å². The topological polar surface area (TPSA) is 52.6 Å². The number of ether oxygens (including phenoxy) is 1. The van der Waals surface area contributed by atoms with Gasteiger partial charge in [-0.15, -0.1) is 0 Å². The Hall–Kier alpha value is -0.130. The Morgan fingerprint density at radius 3 is 2.11 bits per heavy atom. The molecule has 3 aliphatic rings. The number of hydrogen-bond acceptors (Lipinski definition) is 4. The molecule has 5 heteroatoms. The second-order valence-corrected chi connectivity index (χ2v) is 9.17. The van der Waals surface area contributed by atoms with Crippen LogP contribution >= 0.6 is 0 Å². The molecule has 0 amide bonds. The molecule has 3 saturated heterocycles. The molecule has 0 aromatic carbocycles. The molecule has 0 spiro atoms. The SMILES string of the molecule is CC(C)C1(C(C)C)C2OS(=O)(=O)C3CC1(C)OC23C. The molecule has 0 aliphatic carbocycles. The molecular formula is C14H24O4S. The van der Waals surface area contributed by atoms with Crippen LogP contribution < -0.4 is 0 Å². The highest BCUT2D eigenvalue weighted by molar-refractivity contribution is 7.87. The van der Waals surface area contributed by atoms with Crippen LogP contribution in [0, 0.1) is 17.3 Å². The zero-order valence-corrected chi connectivity index (χ0v) is 13.4. The maximum atomic E-state index is 12.3. The quantitative estimate of drug-likeness (QED) is 0.732. The van der Waals surface area contributed by atoms with Crippen molar-refractivity contribution in [2.45, 2.75) is 70.5 Å². The summed E-state index contributed by atoms with van der Waals surface area (Å²) < 4.78 is 36.4. The Morgan fingerprint density at radius 1 is 1.11 bits per heavy atom. The van der Waals surface area contributed by atoms with Crippen LogP contribution in [0.25, 0.3) is 0 Å². The Bertz CT molecular complexity index is 516. The minimum atomic E-state index is -3.49. The van der Waals surface area contributed by atoms with Gasteiger partial charge in [-0.25, -0.2) is 0 Å². The highest BCUT2D eigenvalue weighted by atomic mass is 32.2. The third kappa shape index (κ3) is 1.21. The highest BCUT2D eigenvalue weighted by Crippen LogP contribution is 2.71. The van der Waals surface area contributed by atoms with Gasteiger partial charge in [-0.2, -0.15) is 8.42 Å². The number of fused-ring (bicyclic) bond motifs is 1. The molecule has 4 atom stereocenters. The monoisotopic (exact) mass is 288 g/mol. The van der Waals surface area contributed by atoms with Crippen LogP contribution in [-0.2, 0) is 19.0 Å². The molecule has 0 N–H and O–H groups in total. The Kier molecular flexibility index (Phi) is 2.45. The summed E-state index contributed by atoms with van der Waals surface area (Å²) in [6.07, 6.45) is 0.201. The zero-order chi connectivity index (χ0) is 14.4. The van der Waals surface area contributed by atoms with E-state index in [1.54, 1.807) is 0 Å². The molecule has 0 saturated carbocycles. The largest absolute Gasteiger partial charge is 0.364 e. The molecule has 3 fully saturated rings. The van der Waals surface area contributed by atoms with E-state index in [4.69, 9.17) is 8.92 Å². The van der Waals surface area contributed by atoms with Crippen LogP contribution in [-0.4, -0.2) is 31.0 Å². The van der Waals surface area contributed by atoms with Crippen LogP contribution in [0.15, 0.2) is 0 Å². The lowest BCUT2D eigenvalue weighted by molar-refractivity contribution is -0.100. The first-order valence-corrected chi connectivity index (χ1v) is 8.62. The second-order valence-electron chi connectivity index (χ2n) is 7.42. The predicted molar refractivity (Wildman–Crippen MR) is 72.2 cm³/mol. The van der Waals surface area contributed by atoms with Gasteiger partial charge in [-0.3, -0.25) is 4.18 Å². The van der Waals surface area contributed by atoms with Crippen LogP contribution in [0.4, 0.5) is 0 Å². The molecule has 19 heavy (non-hydrogen) atoms. The van der Waals surface area contributed by atoms with E-state index in [-0.39, 0.29) is 11.5 Å². The van der Waals surface area contributed by atoms with Gasteiger partial charge in [0.1, 0.15) is 17.0 Å². The third-order valence-electron chi connectivity index (χ3n) is 6.02. The average molecular weight is 288 g/mol. The van der Waals surface area contributed by atoms with Crippen molar-refractivity contribution in [2.75, 3.05) is 0 Å². The molecule has 0 radical (unpaired) electrons. The van der Waals surface area contributed by atoms with Gasteiger partial charge in [0.15, 0.2) is 0 Å². The molecule has 110 valence electrons. The van der Waals surface area contributed by atoms with Crippen molar-refractivity contribution >= 4 is 10.1 Å². The molecule has 3 heterocycles. The standard InChI is InChI=1S/C14H24O4S/c1-8(2)14(9(3)4)11-13(6)10(19(15,16)17-11)7-12(14,5)18-13/h8-11H,7H2,1-6H3. The minimum Gasteiger partial charge on any atom is -0.364 e. The van der Waals surface area contributed by atoms with Crippen molar-refractivity contribution in [3.05, 3.63) is 0 Å². The van der Waals surface area contributed by atoms with Gasteiger partial charge < -0.3 is 4.74 Å². The van der Waals surface area contributed by atoms with Crippen LogP contribution in [0.2, 0.25) is 0 Å². The summed E-state index contributed by atoms with van der Waals surface area (Å²) in [4.78, 5) is 0. The van der Waals surface area contributed by atoms with E-state index in [0.717, 1.165) is 0 Å². The smallest absolute Gasteiger partial charge is 0.273 e. The lowest BCUT2D eigenvalue weighted by Crippen LogP contribution is -2.59.